The molecule has 7 heteroatoms. The Morgan fingerprint density at radius 1 is 1.21 bits per heavy atom. The highest BCUT2D eigenvalue weighted by Gasteiger charge is 2.67. The van der Waals surface area contributed by atoms with Gasteiger partial charge in [-0.05, 0) is 34.9 Å². The second kappa shape index (κ2) is 7.05. The van der Waals surface area contributed by atoms with Gasteiger partial charge in [0.05, 0.1) is 19.2 Å². The summed E-state index contributed by atoms with van der Waals surface area (Å²) in [6.07, 6.45) is 3.61. The summed E-state index contributed by atoms with van der Waals surface area (Å²) in [4.78, 5) is 27.5. The van der Waals surface area contributed by atoms with Gasteiger partial charge in [-0.25, -0.2) is 0 Å². The van der Waals surface area contributed by atoms with Crippen LogP contribution in [-0.2, 0) is 14.3 Å². The Morgan fingerprint density at radius 3 is 2.52 bits per heavy atom. The largest absolute Gasteiger partial charge is 0.468 e. The minimum Gasteiger partial charge on any atom is -0.468 e. The van der Waals surface area contributed by atoms with E-state index in [-0.39, 0.29) is 0 Å². The van der Waals surface area contributed by atoms with Crippen molar-refractivity contribution in [3.8, 4) is 6.07 Å². The predicted octanol–water partition coefficient (Wildman–Crippen LogP) is 3.11. The second-order valence-electron chi connectivity index (χ2n) is 7.14. The van der Waals surface area contributed by atoms with Crippen LogP contribution < -0.4 is 5.73 Å². The van der Waals surface area contributed by atoms with Gasteiger partial charge in [0.2, 0.25) is 5.91 Å². The molecule has 2 aromatic carbocycles. The SMILES string of the molecule is COC(=O)[C@]1(C#N)C2c3ccccc3C=CN2[C@H](C(N)=O)[C@H]1c1ccc(Br)cc1. The zero-order valence-corrected chi connectivity index (χ0v) is 17.2. The molecule has 0 aliphatic carbocycles. The average Bonchev–Trinajstić information content (AvgIpc) is 3.05. The highest BCUT2D eigenvalue weighted by atomic mass is 79.9. The molecule has 0 radical (unpaired) electrons. The molecule has 6 nitrogen and oxygen atoms in total. The van der Waals surface area contributed by atoms with Gasteiger partial charge in [-0.15, -0.1) is 0 Å². The van der Waals surface area contributed by atoms with Crippen molar-refractivity contribution in [3.05, 3.63) is 75.9 Å². The predicted molar refractivity (Wildman–Crippen MR) is 110 cm³/mol. The molecule has 0 saturated carbocycles. The van der Waals surface area contributed by atoms with E-state index in [2.05, 4.69) is 22.0 Å². The standard InChI is InChI=1S/C22H18BrN3O3/c1-29-21(28)22(12-24)17(14-6-8-15(23)9-7-14)18(20(25)27)26-11-10-13-4-2-3-5-16(13)19(22)26/h2-11,17-19H,1H3,(H2,25,27)/t17-,18+,19?,22+/m1/s1. The van der Waals surface area contributed by atoms with Crippen molar-refractivity contribution in [2.45, 2.75) is 18.0 Å². The van der Waals surface area contributed by atoms with Crippen molar-refractivity contribution < 1.29 is 14.3 Å². The number of hydrogen-bond donors (Lipinski definition) is 1. The van der Waals surface area contributed by atoms with Gasteiger partial charge in [-0.1, -0.05) is 52.3 Å². The number of nitrogens with zero attached hydrogens (tertiary/aromatic N) is 2. The summed E-state index contributed by atoms with van der Waals surface area (Å²) in [5, 5.41) is 10.4. The number of ether oxygens (including phenoxy) is 1. The third-order valence-corrected chi connectivity index (χ3v) is 6.33. The first-order valence-electron chi connectivity index (χ1n) is 9.04. The molecule has 0 bridgehead atoms. The molecule has 4 atom stereocenters. The van der Waals surface area contributed by atoms with Gasteiger partial charge in [0.25, 0.3) is 0 Å². The Hall–Kier alpha value is -3.11. The van der Waals surface area contributed by atoms with Crippen LogP contribution in [0.1, 0.15) is 28.7 Å². The lowest BCUT2D eigenvalue weighted by atomic mass is 9.67. The summed E-state index contributed by atoms with van der Waals surface area (Å²) >= 11 is 3.40. The monoisotopic (exact) mass is 451 g/mol. The minimum atomic E-state index is -1.65. The lowest BCUT2D eigenvalue weighted by molar-refractivity contribution is -0.151. The summed E-state index contributed by atoms with van der Waals surface area (Å²) in [6.45, 7) is 0. The first-order chi connectivity index (χ1) is 14.0. The van der Waals surface area contributed by atoms with E-state index in [1.165, 1.54) is 7.11 Å². The Morgan fingerprint density at radius 2 is 1.90 bits per heavy atom. The van der Waals surface area contributed by atoms with E-state index in [0.717, 1.165) is 15.6 Å². The van der Waals surface area contributed by atoms with Crippen molar-refractivity contribution in [1.82, 2.24) is 4.90 Å². The fourth-order valence-corrected chi connectivity index (χ4v) is 4.92. The number of fused-ring (bicyclic) bond motifs is 3. The van der Waals surface area contributed by atoms with Gasteiger partial charge in [-0.3, -0.25) is 9.59 Å². The summed E-state index contributed by atoms with van der Waals surface area (Å²) in [5.41, 5.74) is 6.51. The number of carbonyl (C=O) groups excluding carboxylic acids is 2. The number of nitrogens with two attached hydrogens (primary N) is 1. The Labute approximate surface area is 176 Å². The summed E-state index contributed by atoms with van der Waals surface area (Å²) < 4.78 is 5.97. The molecule has 1 saturated heterocycles. The van der Waals surface area contributed by atoms with E-state index < -0.39 is 35.3 Å². The molecule has 0 aromatic heterocycles. The summed E-state index contributed by atoms with van der Waals surface area (Å²) in [6, 6.07) is 15.4. The van der Waals surface area contributed by atoms with E-state index in [1.54, 1.807) is 23.2 Å². The van der Waals surface area contributed by atoms with Crippen LogP contribution >= 0.6 is 15.9 Å². The number of primary amides is 1. The van der Waals surface area contributed by atoms with Gasteiger partial charge in [0, 0.05) is 16.6 Å². The zero-order valence-electron chi connectivity index (χ0n) is 15.6. The number of rotatable bonds is 3. The second-order valence-corrected chi connectivity index (χ2v) is 8.06. The number of benzene rings is 2. The average molecular weight is 452 g/mol. The molecule has 1 amide bonds. The number of carbonyl (C=O) groups is 2. The number of methoxy groups -OCH3 is 1. The molecule has 1 unspecified atom stereocenters. The molecular formula is C22H18BrN3O3. The van der Waals surface area contributed by atoms with Crippen LogP contribution in [0.5, 0.6) is 0 Å². The molecule has 2 N–H and O–H groups in total. The van der Waals surface area contributed by atoms with E-state index >= 15 is 0 Å². The van der Waals surface area contributed by atoms with Crippen LogP contribution in [-0.4, -0.2) is 29.9 Å². The first-order valence-corrected chi connectivity index (χ1v) is 9.84. The molecule has 29 heavy (non-hydrogen) atoms. The molecule has 1 fully saturated rings. The van der Waals surface area contributed by atoms with Gasteiger partial charge < -0.3 is 15.4 Å². The van der Waals surface area contributed by atoms with Crippen molar-refractivity contribution in [2.24, 2.45) is 11.1 Å². The van der Waals surface area contributed by atoms with Crippen LogP contribution in [0, 0.1) is 16.7 Å². The molecule has 2 heterocycles. The Kier molecular flexibility index (Phi) is 4.67. The van der Waals surface area contributed by atoms with Crippen molar-refractivity contribution >= 4 is 33.9 Å². The number of hydrogen-bond acceptors (Lipinski definition) is 5. The third-order valence-electron chi connectivity index (χ3n) is 5.80. The van der Waals surface area contributed by atoms with Crippen LogP contribution in [0.15, 0.2) is 59.2 Å². The molecule has 2 aromatic rings. The van der Waals surface area contributed by atoms with E-state index in [4.69, 9.17) is 10.5 Å². The maximum Gasteiger partial charge on any atom is 0.329 e. The van der Waals surface area contributed by atoms with Crippen LogP contribution in [0.3, 0.4) is 0 Å². The molecular weight excluding hydrogens is 434 g/mol. The van der Waals surface area contributed by atoms with Gasteiger partial charge in [0.1, 0.15) is 6.04 Å². The maximum absolute atomic E-state index is 13.2. The fraction of sp³-hybridized carbons (Fsp3) is 0.227. The maximum atomic E-state index is 13.2. The van der Waals surface area contributed by atoms with Gasteiger partial charge in [0.15, 0.2) is 5.41 Å². The smallest absolute Gasteiger partial charge is 0.329 e. The van der Waals surface area contributed by atoms with Crippen molar-refractivity contribution in [2.75, 3.05) is 7.11 Å². The lowest BCUT2D eigenvalue weighted by Gasteiger charge is -2.35. The minimum absolute atomic E-state index is 0.604. The molecule has 146 valence electrons. The Balaban J connectivity index is 2.04. The van der Waals surface area contributed by atoms with Gasteiger partial charge in [-0.2, -0.15) is 5.26 Å². The van der Waals surface area contributed by atoms with Crippen LogP contribution in [0.25, 0.3) is 6.08 Å². The van der Waals surface area contributed by atoms with E-state index in [9.17, 15) is 14.9 Å². The third kappa shape index (κ3) is 2.67. The lowest BCUT2D eigenvalue weighted by Crippen LogP contribution is -2.42. The normalized spacial score (nSPS) is 26.9. The zero-order chi connectivity index (χ0) is 20.8. The summed E-state index contributed by atoms with van der Waals surface area (Å²) in [7, 11) is 1.26. The molecule has 4 rings (SSSR count). The molecule has 2 aliphatic rings. The fourth-order valence-electron chi connectivity index (χ4n) is 4.66. The van der Waals surface area contributed by atoms with E-state index in [0.29, 0.717) is 5.56 Å². The first kappa shape index (κ1) is 19.2. The Bertz CT molecular complexity index is 1060. The number of esters is 1. The topological polar surface area (TPSA) is 96.4 Å². The number of halogens is 1. The van der Waals surface area contributed by atoms with Crippen LogP contribution in [0.4, 0.5) is 0 Å². The van der Waals surface area contributed by atoms with E-state index in [1.807, 2.05) is 42.5 Å². The molecule has 0 spiro atoms. The number of amides is 1. The van der Waals surface area contributed by atoms with Crippen molar-refractivity contribution in [1.29, 1.82) is 5.26 Å². The number of nitriles is 1. The van der Waals surface area contributed by atoms with Gasteiger partial charge >= 0.3 is 5.97 Å². The highest BCUT2D eigenvalue weighted by molar-refractivity contribution is 9.10. The summed E-state index contributed by atoms with van der Waals surface area (Å²) in [5.74, 6) is -2.09. The van der Waals surface area contributed by atoms with Crippen molar-refractivity contribution in [3.63, 3.8) is 0 Å². The quantitative estimate of drug-likeness (QED) is 0.722. The molecule has 2 aliphatic heterocycles. The van der Waals surface area contributed by atoms with Crippen LogP contribution in [0.2, 0.25) is 0 Å². The highest BCUT2D eigenvalue weighted by Crippen LogP contribution is 2.60.